The summed E-state index contributed by atoms with van der Waals surface area (Å²) in [6.07, 6.45) is 2.73. The minimum atomic E-state index is -0.369. The standard InChI is InChI=1S/C19H24N4O5/c1-12-18(23(24)25)19(21(2)20-12)22-8-6-13(7-9-22)17-15(27-4)10-14(26-3)11-16(17)28-5/h6,10-11H,7-9H2,1-5H3. The van der Waals surface area contributed by atoms with Gasteiger partial charge in [0.2, 0.25) is 5.82 Å². The number of anilines is 1. The zero-order valence-electron chi connectivity index (χ0n) is 16.7. The van der Waals surface area contributed by atoms with E-state index < -0.39 is 0 Å². The summed E-state index contributed by atoms with van der Waals surface area (Å²) in [5.74, 6) is 2.50. The van der Waals surface area contributed by atoms with Crippen molar-refractivity contribution < 1.29 is 19.1 Å². The topological polar surface area (TPSA) is 91.9 Å². The Morgan fingerprint density at radius 2 is 1.79 bits per heavy atom. The van der Waals surface area contributed by atoms with Crippen molar-refractivity contribution in [2.45, 2.75) is 13.3 Å². The number of ether oxygens (including phenoxy) is 3. The highest BCUT2D eigenvalue weighted by atomic mass is 16.6. The molecule has 150 valence electrons. The molecule has 9 heteroatoms. The lowest BCUT2D eigenvalue weighted by Gasteiger charge is -2.28. The second-order valence-corrected chi connectivity index (χ2v) is 6.47. The molecular formula is C19H24N4O5. The summed E-state index contributed by atoms with van der Waals surface area (Å²) in [6, 6.07) is 3.64. The fraction of sp³-hybridized carbons (Fsp3) is 0.421. The highest BCUT2D eigenvalue weighted by molar-refractivity contribution is 5.78. The molecule has 0 radical (unpaired) electrons. The lowest BCUT2D eigenvalue weighted by molar-refractivity contribution is -0.384. The van der Waals surface area contributed by atoms with Crippen LogP contribution in [0.3, 0.4) is 0 Å². The lowest BCUT2D eigenvalue weighted by atomic mass is 9.97. The molecule has 0 aliphatic carbocycles. The van der Waals surface area contributed by atoms with Crippen molar-refractivity contribution in [1.29, 1.82) is 0 Å². The maximum Gasteiger partial charge on any atom is 0.333 e. The van der Waals surface area contributed by atoms with E-state index in [1.807, 2.05) is 23.1 Å². The Morgan fingerprint density at radius 1 is 1.14 bits per heavy atom. The third kappa shape index (κ3) is 3.35. The largest absolute Gasteiger partial charge is 0.496 e. The average molecular weight is 388 g/mol. The van der Waals surface area contributed by atoms with Crippen LogP contribution in [0.4, 0.5) is 11.5 Å². The highest BCUT2D eigenvalue weighted by Crippen LogP contribution is 2.42. The molecule has 1 aliphatic heterocycles. The van der Waals surface area contributed by atoms with Gasteiger partial charge < -0.3 is 19.1 Å². The van der Waals surface area contributed by atoms with Crippen LogP contribution in [-0.2, 0) is 7.05 Å². The van der Waals surface area contributed by atoms with E-state index in [-0.39, 0.29) is 10.6 Å². The van der Waals surface area contributed by atoms with Crippen molar-refractivity contribution in [3.63, 3.8) is 0 Å². The van der Waals surface area contributed by atoms with Gasteiger partial charge in [0.1, 0.15) is 22.9 Å². The predicted molar refractivity (Wildman–Crippen MR) is 106 cm³/mol. The first kappa shape index (κ1) is 19.5. The Labute approximate surface area is 163 Å². The summed E-state index contributed by atoms with van der Waals surface area (Å²) >= 11 is 0. The third-order valence-corrected chi connectivity index (χ3v) is 4.89. The molecule has 2 heterocycles. The molecule has 28 heavy (non-hydrogen) atoms. The quantitative estimate of drug-likeness (QED) is 0.555. The molecule has 0 saturated carbocycles. The Hall–Kier alpha value is -3.23. The van der Waals surface area contributed by atoms with Crippen LogP contribution in [0.15, 0.2) is 18.2 Å². The third-order valence-electron chi connectivity index (χ3n) is 4.89. The number of nitro groups is 1. The van der Waals surface area contributed by atoms with Gasteiger partial charge in [0, 0.05) is 32.3 Å². The van der Waals surface area contributed by atoms with Crippen molar-refractivity contribution in [1.82, 2.24) is 9.78 Å². The number of rotatable bonds is 6. The average Bonchev–Trinajstić information content (AvgIpc) is 3.00. The normalized spacial score (nSPS) is 13.9. The highest BCUT2D eigenvalue weighted by Gasteiger charge is 2.30. The number of aromatic nitrogens is 2. The van der Waals surface area contributed by atoms with E-state index in [1.165, 1.54) is 0 Å². The van der Waals surface area contributed by atoms with Crippen LogP contribution < -0.4 is 19.1 Å². The Kier molecular flexibility index (Phi) is 5.43. The zero-order chi connectivity index (χ0) is 20.4. The van der Waals surface area contributed by atoms with Gasteiger partial charge in [-0.15, -0.1) is 0 Å². The van der Waals surface area contributed by atoms with Gasteiger partial charge in [0.15, 0.2) is 0 Å². The minimum Gasteiger partial charge on any atom is -0.496 e. The second-order valence-electron chi connectivity index (χ2n) is 6.47. The maximum absolute atomic E-state index is 11.5. The van der Waals surface area contributed by atoms with E-state index in [9.17, 15) is 10.1 Å². The minimum absolute atomic E-state index is 0.0546. The van der Waals surface area contributed by atoms with Gasteiger partial charge in [0.05, 0.1) is 31.8 Å². The summed E-state index contributed by atoms with van der Waals surface area (Å²) in [6.45, 7) is 2.79. The van der Waals surface area contributed by atoms with E-state index in [0.717, 1.165) is 11.1 Å². The second kappa shape index (κ2) is 7.79. The van der Waals surface area contributed by atoms with Crippen molar-refractivity contribution in [2.24, 2.45) is 7.05 Å². The molecule has 0 fully saturated rings. The van der Waals surface area contributed by atoms with Crippen LogP contribution in [0.2, 0.25) is 0 Å². The molecule has 1 aromatic carbocycles. The number of benzene rings is 1. The van der Waals surface area contributed by atoms with Gasteiger partial charge in [-0.2, -0.15) is 5.10 Å². The smallest absolute Gasteiger partial charge is 0.333 e. The van der Waals surface area contributed by atoms with E-state index in [4.69, 9.17) is 14.2 Å². The molecule has 0 amide bonds. The molecule has 0 unspecified atom stereocenters. The summed E-state index contributed by atoms with van der Waals surface area (Å²) < 4.78 is 18.0. The summed E-state index contributed by atoms with van der Waals surface area (Å²) in [7, 11) is 6.53. The van der Waals surface area contributed by atoms with Crippen LogP contribution in [0.5, 0.6) is 17.2 Å². The van der Waals surface area contributed by atoms with Crippen LogP contribution in [0.1, 0.15) is 17.7 Å². The number of methoxy groups -OCH3 is 3. The fourth-order valence-corrected chi connectivity index (χ4v) is 3.61. The van der Waals surface area contributed by atoms with Gasteiger partial charge in [-0.1, -0.05) is 6.08 Å². The van der Waals surface area contributed by atoms with E-state index in [0.29, 0.717) is 48.3 Å². The number of aryl methyl sites for hydroxylation is 2. The molecule has 0 N–H and O–H groups in total. The van der Waals surface area contributed by atoms with Crippen LogP contribution in [0, 0.1) is 17.0 Å². The molecule has 1 aliphatic rings. The Bertz CT molecular complexity index is 910. The first-order chi connectivity index (χ1) is 13.4. The van der Waals surface area contributed by atoms with Crippen molar-refractivity contribution in [3.05, 3.63) is 39.6 Å². The van der Waals surface area contributed by atoms with Gasteiger partial charge >= 0.3 is 5.69 Å². The molecule has 3 rings (SSSR count). The van der Waals surface area contributed by atoms with Crippen molar-refractivity contribution >= 4 is 17.1 Å². The van der Waals surface area contributed by atoms with Gasteiger partial charge in [-0.25, -0.2) is 4.68 Å². The van der Waals surface area contributed by atoms with Crippen LogP contribution in [-0.4, -0.2) is 49.1 Å². The molecular weight excluding hydrogens is 364 g/mol. The van der Waals surface area contributed by atoms with E-state index in [1.54, 1.807) is 40.0 Å². The lowest BCUT2D eigenvalue weighted by Crippen LogP contribution is -2.30. The molecule has 9 nitrogen and oxygen atoms in total. The van der Waals surface area contributed by atoms with Gasteiger partial charge in [0.25, 0.3) is 0 Å². The van der Waals surface area contributed by atoms with Crippen LogP contribution >= 0.6 is 0 Å². The van der Waals surface area contributed by atoms with Crippen molar-refractivity contribution in [2.75, 3.05) is 39.3 Å². The number of hydrogen-bond acceptors (Lipinski definition) is 7. The Morgan fingerprint density at radius 3 is 2.25 bits per heavy atom. The van der Waals surface area contributed by atoms with Crippen molar-refractivity contribution in [3.8, 4) is 17.2 Å². The summed E-state index contributed by atoms with van der Waals surface area (Å²) in [5.41, 5.74) is 2.41. The van der Waals surface area contributed by atoms with Gasteiger partial charge in [-0.05, 0) is 18.9 Å². The summed E-state index contributed by atoms with van der Waals surface area (Å²) in [5, 5.41) is 15.7. The maximum atomic E-state index is 11.5. The summed E-state index contributed by atoms with van der Waals surface area (Å²) in [4.78, 5) is 13.1. The molecule has 1 aromatic heterocycles. The molecule has 0 atom stereocenters. The molecule has 0 saturated heterocycles. The molecule has 2 aromatic rings. The first-order valence-corrected chi connectivity index (χ1v) is 8.83. The fourth-order valence-electron chi connectivity index (χ4n) is 3.61. The monoisotopic (exact) mass is 388 g/mol. The first-order valence-electron chi connectivity index (χ1n) is 8.83. The van der Waals surface area contributed by atoms with E-state index >= 15 is 0 Å². The number of nitrogens with zero attached hydrogens (tertiary/aromatic N) is 4. The SMILES string of the molecule is COc1cc(OC)c(C2=CCN(c3c([N+](=O)[O-])c(C)nn3C)CC2)c(OC)c1. The van der Waals surface area contributed by atoms with Crippen LogP contribution in [0.25, 0.3) is 5.57 Å². The molecule has 0 bridgehead atoms. The zero-order valence-corrected chi connectivity index (χ0v) is 16.7. The number of hydrogen-bond donors (Lipinski definition) is 0. The molecule has 0 spiro atoms. The predicted octanol–water partition coefficient (Wildman–Crippen LogP) is 2.96. The van der Waals surface area contributed by atoms with E-state index in [2.05, 4.69) is 5.10 Å². The Balaban J connectivity index is 1.97. The van der Waals surface area contributed by atoms with Gasteiger partial charge in [-0.3, -0.25) is 10.1 Å².